The van der Waals surface area contributed by atoms with E-state index in [9.17, 15) is 4.39 Å². The molecule has 0 aliphatic carbocycles. The van der Waals surface area contributed by atoms with E-state index in [1.807, 2.05) is 18.3 Å². The Bertz CT molecular complexity index is 1370. The van der Waals surface area contributed by atoms with Gasteiger partial charge in [-0.2, -0.15) is 0 Å². The average molecular weight is 364 g/mol. The summed E-state index contributed by atoms with van der Waals surface area (Å²) < 4.78 is 13.2. The molecule has 1 aromatic heterocycles. The molecular weight excluding hydrogens is 347 g/mol. The summed E-state index contributed by atoms with van der Waals surface area (Å²) in [6.07, 6.45) is 1.87. The monoisotopic (exact) mass is 364 g/mol. The Labute approximate surface area is 162 Å². The number of nitrogens with zero attached hydrogens (tertiary/aromatic N) is 2. The van der Waals surface area contributed by atoms with Crippen LogP contribution < -0.4 is 0 Å². The molecule has 5 aromatic rings. The van der Waals surface area contributed by atoms with Gasteiger partial charge in [0.25, 0.3) is 0 Å². The van der Waals surface area contributed by atoms with Crippen LogP contribution in [0.15, 0.2) is 83.9 Å². The van der Waals surface area contributed by atoms with Gasteiger partial charge in [0.2, 0.25) is 0 Å². The highest BCUT2D eigenvalue weighted by Gasteiger charge is 2.10. The van der Waals surface area contributed by atoms with Crippen LogP contribution in [0.25, 0.3) is 32.6 Å². The smallest absolute Gasteiger partial charge is 0.123 e. The number of pyridine rings is 1. The molecule has 3 heteroatoms. The molecule has 0 aliphatic heterocycles. The summed E-state index contributed by atoms with van der Waals surface area (Å²) in [5.74, 6) is -0.263. The lowest BCUT2D eigenvalue weighted by atomic mass is 9.98. The summed E-state index contributed by atoms with van der Waals surface area (Å²) in [7, 11) is 0. The van der Waals surface area contributed by atoms with Crippen molar-refractivity contribution in [1.29, 1.82) is 0 Å². The van der Waals surface area contributed by atoms with Crippen molar-refractivity contribution in [3.63, 3.8) is 0 Å². The van der Waals surface area contributed by atoms with Gasteiger partial charge >= 0.3 is 0 Å². The molecule has 0 saturated heterocycles. The van der Waals surface area contributed by atoms with Crippen molar-refractivity contribution < 1.29 is 4.39 Å². The normalized spacial score (nSPS) is 11.8. The van der Waals surface area contributed by atoms with E-state index in [0.29, 0.717) is 5.69 Å². The van der Waals surface area contributed by atoms with Gasteiger partial charge in [-0.15, -0.1) is 0 Å². The zero-order chi connectivity index (χ0) is 19.1. The van der Waals surface area contributed by atoms with E-state index < -0.39 is 0 Å². The number of aliphatic imine (C=N–C) groups is 1. The minimum absolute atomic E-state index is 0.263. The van der Waals surface area contributed by atoms with E-state index in [2.05, 4.69) is 54.4 Å². The van der Waals surface area contributed by atoms with E-state index >= 15 is 0 Å². The van der Waals surface area contributed by atoms with Gasteiger partial charge in [0, 0.05) is 27.9 Å². The van der Waals surface area contributed by atoms with Gasteiger partial charge in [0.15, 0.2) is 0 Å². The molecule has 0 saturated carbocycles. The van der Waals surface area contributed by atoms with Crippen LogP contribution in [0.2, 0.25) is 0 Å². The van der Waals surface area contributed by atoms with Crippen molar-refractivity contribution in [2.45, 2.75) is 6.92 Å². The maximum Gasteiger partial charge on any atom is 0.123 e. The van der Waals surface area contributed by atoms with E-state index in [1.54, 1.807) is 12.1 Å². The first-order valence-corrected chi connectivity index (χ1v) is 9.20. The standard InChI is InChI=1S/C25H17FN2/c1-16-6-13-24-22(14-16)23(15-27-19-10-8-18(26)9-11-19)21-12-7-17-4-2-3-5-20(17)25(21)28-24/h2-15H,1H3. The fraction of sp³-hybridized carbons (Fsp3) is 0.0400. The fourth-order valence-corrected chi connectivity index (χ4v) is 3.63. The Morgan fingerprint density at radius 1 is 0.821 bits per heavy atom. The molecule has 28 heavy (non-hydrogen) atoms. The van der Waals surface area contributed by atoms with Crippen LogP contribution >= 0.6 is 0 Å². The van der Waals surface area contributed by atoms with Crippen LogP contribution in [0.1, 0.15) is 11.1 Å². The summed E-state index contributed by atoms with van der Waals surface area (Å²) in [4.78, 5) is 9.57. The first-order valence-electron chi connectivity index (χ1n) is 9.20. The number of aromatic nitrogens is 1. The zero-order valence-electron chi connectivity index (χ0n) is 15.4. The van der Waals surface area contributed by atoms with Crippen LogP contribution in [-0.4, -0.2) is 11.2 Å². The van der Waals surface area contributed by atoms with Crippen molar-refractivity contribution in [2.24, 2.45) is 4.99 Å². The Morgan fingerprint density at radius 2 is 1.64 bits per heavy atom. The fourth-order valence-electron chi connectivity index (χ4n) is 3.63. The van der Waals surface area contributed by atoms with Gasteiger partial charge in [-0.3, -0.25) is 4.99 Å². The van der Waals surface area contributed by atoms with Crippen molar-refractivity contribution >= 4 is 44.5 Å². The molecule has 0 fully saturated rings. The maximum atomic E-state index is 13.2. The topological polar surface area (TPSA) is 25.2 Å². The number of aryl methyl sites for hydroxylation is 1. The van der Waals surface area contributed by atoms with E-state index in [0.717, 1.165) is 38.1 Å². The van der Waals surface area contributed by atoms with E-state index in [-0.39, 0.29) is 5.82 Å². The van der Waals surface area contributed by atoms with Crippen LogP contribution in [0.5, 0.6) is 0 Å². The minimum Gasteiger partial charge on any atom is -0.256 e. The van der Waals surface area contributed by atoms with Gasteiger partial charge < -0.3 is 0 Å². The molecule has 134 valence electrons. The molecule has 0 unspecified atom stereocenters. The lowest BCUT2D eigenvalue weighted by molar-refractivity contribution is 0.628. The molecular formula is C25H17FN2. The second-order valence-electron chi connectivity index (χ2n) is 6.96. The predicted molar refractivity (Wildman–Crippen MR) is 115 cm³/mol. The van der Waals surface area contributed by atoms with Gasteiger partial charge in [0.1, 0.15) is 5.82 Å². The number of benzene rings is 4. The average Bonchev–Trinajstić information content (AvgIpc) is 2.72. The van der Waals surface area contributed by atoms with Gasteiger partial charge in [-0.25, -0.2) is 9.37 Å². The lowest BCUT2D eigenvalue weighted by Gasteiger charge is -2.10. The third kappa shape index (κ3) is 2.81. The van der Waals surface area contributed by atoms with E-state index in [1.165, 1.54) is 17.7 Å². The van der Waals surface area contributed by atoms with Crippen LogP contribution in [0, 0.1) is 12.7 Å². The molecule has 5 rings (SSSR count). The van der Waals surface area contributed by atoms with Crippen molar-refractivity contribution in [2.75, 3.05) is 0 Å². The van der Waals surface area contributed by atoms with E-state index in [4.69, 9.17) is 4.98 Å². The summed E-state index contributed by atoms with van der Waals surface area (Å²) in [6, 6.07) is 25.0. The number of fused-ring (bicyclic) bond motifs is 4. The molecule has 0 aliphatic rings. The molecule has 4 aromatic carbocycles. The Balaban J connectivity index is 1.83. The number of hydrogen-bond acceptors (Lipinski definition) is 2. The summed E-state index contributed by atoms with van der Waals surface area (Å²) >= 11 is 0. The summed E-state index contributed by atoms with van der Waals surface area (Å²) in [5, 5.41) is 4.41. The first-order chi connectivity index (χ1) is 13.7. The molecule has 0 radical (unpaired) electrons. The minimum atomic E-state index is -0.263. The molecule has 0 spiro atoms. The third-order valence-electron chi connectivity index (χ3n) is 5.03. The van der Waals surface area contributed by atoms with Gasteiger partial charge in [0.05, 0.1) is 16.7 Å². The summed E-state index contributed by atoms with van der Waals surface area (Å²) in [5.41, 5.74) is 4.82. The largest absolute Gasteiger partial charge is 0.256 e. The third-order valence-corrected chi connectivity index (χ3v) is 5.03. The highest BCUT2D eigenvalue weighted by Crippen LogP contribution is 2.31. The maximum absolute atomic E-state index is 13.2. The second kappa shape index (κ2) is 6.54. The Hall–Kier alpha value is -3.59. The number of halogens is 1. The Morgan fingerprint density at radius 3 is 2.50 bits per heavy atom. The quantitative estimate of drug-likeness (QED) is 0.193. The lowest BCUT2D eigenvalue weighted by Crippen LogP contribution is -1.93. The van der Waals surface area contributed by atoms with Crippen molar-refractivity contribution in [1.82, 2.24) is 4.98 Å². The predicted octanol–water partition coefficient (Wildman–Crippen LogP) is 6.74. The van der Waals surface area contributed by atoms with Crippen LogP contribution in [-0.2, 0) is 0 Å². The van der Waals surface area contributed by atoms with Crippen molar-refractivity contribution in [3.8, 4) is 0 Å². The highest BCUT2D eigenvalue weighted by atomic mass is 19.1. The van der Waals surface area contributed by atoms with Crippen molar-refractivity contribution in [3.05, 3.63) is 95.8 Å². The SMILES string of the molecule is Cc1ccc2nc3c(ccc4ccccc43)c(C=Nc3ccc(F)cc3)c2c1. The number of hydrogen-bond donors (Lipinski definition) is 0. The Kier molecular flexibility index (Phi) is 3.87. The molecule has 1 heterocycles. The van der Waals surface area contributed by atoms with Gasteiger partial charge in [-0.1, -0.05) is 48.0 Å². The molecule has 0 amide bonds. The molecule has 0 atom stereocenters. The molecule has 0 N–H and O–H groups in total. The van der Waals surface area contributed by atoms with Gasteiger partial charge in [-0.05, 0) is 48.7 Å². The van der Waals surface area contributed by atoms with Crippen LogP contribution in [0.3, 0.4) is 0 Å². The summed E-state index contributed by atoms with van der Waals surface area (Å²) in [6.45, 7) is 2.07. The zero-order valence-corrected chi connectivity index (χ0v) is 15.4. The first kappa shape index (κ1) is 16.6. The molecule has 2 nitrogen and oxygen atoms in total. The highest BCUT2D eigenvalue weighted by molar-refractivity contribution is 6.17. The second-order valence-corrected chi connectivity index (χ2v) is 6.96. The van der Waals surface area contributed by atoms with Crippen LogP contribution in [0.4, 0.5) is 10.1 Å². The number of rotatable bonds is 2. The molecule has 0 bridgehead atoms.